The Bertz CT molecular complexity index is 3990. The van der Waals surface area contributed by atoms with Gasteiger partial charge in [0, 0.05) is 61.3 Å². The maximum absolute atomic E-state index is 5.57. The summed E-state index contributed by atoms with van der Waals surface area (Å²) >= 11 is 0. The fraction of sp³-hybridized carbons (Fsp3) is 0.100. The Morgan fingerprint density at radius 3 is 1.47 bits per heavy atom. The lowest BCUT2D eigenvalue weighted by molar-refractivity contribution is 0.660. The van der Waals surface area contributed by atoms with Gasteiger partial charge in [0.05, 0.1) is 16.6 Å². The number of rotatable bonds is 8. The first kappa shape index (κ1) is 48.1. The topological polar surface area (TPSA) is 30.9 Å². The van der Waals surface area contributed by atoms with Crippen LogP contribution < -0.4 is 4.90 Å². The fourth-order valence-electron chi connectivity index (χ4n) is 10.9. The van der Waals surface area contributed by atoms with Crippen molar-refractivity contribution in [1.82, 2.24) is 18.7 Å². The first-order valence-corrected chi connectivity index (χ1v) is 26.0. The van der Waals surface area contributed by atoms with E-state index < -0.39 is 0 Å². The third kappa shape index (κ3) is 8.56. The van der Waals surface area contributed by atoms with Crippen LogP contribution in [0.4, 0.5) is 17.1 Å². The van der Waals surface area contributed by atoms with E-state index in [0.29, 0.717) is 0 Å². The van der Waals surface area contributed by atoms with Gasteiger partial charge in [-0.2, -0.15) is 0 Å². The number of hydrogen-bond donors (Lipinski definition) is 0. The molecule has 0 aliphatic heterocycles. The summed E-state index contributed by atoms with van der Waals surface area (Å²) in [5, 5.41) is 3.60. The monoisotopic (exact) mass is 971 g/mol. The minimum Gasteiger partial charge on any atom is -0.310 e. The van der Waals surface area contributed by atoms with Gasteiger partial charge in [0.1, 0.15) is 11.3 Å². The molecule has 0 amide bonds. The normalized spacial score (nSPS) is 12.6. The number of benzene rings is 9. The van der Waals surface area contributed by atoms with E-state index >= 15 is 0 Å². The highest BCUT2D eigenvalue weighted by Crippen LogP contribution is 2.52. The summed E-state index contributed by atoms with van der Waals surface area (Å²) in [7, 11) is 0. The smallest absolute Gasteiger partial charge is 0.165 e. The molecule has 13 rings (SSSR count). The number of fused-ring (bicyclic) bond motifs is 10. The van der Waals surface area contributed by atoms with Crippen molar-refractivity contribution in [1.29, 1.82) is 0 Å². The summed E-state index contributed by atoms with van der Waals surface area (Å²) in [5.74, 6) is 0.911. The average molecular weight is 972 g/mol. The third-order valence-electron chi connectivity index (χ3n) is 14.4. The molecule has 5 heteroatoms. The maximum atomic E-state index is 5.57. The van der Waals surface area contributed by atoms with Gasteiger partial charge in [0.15, 0.2) is 5.65 Å². The lowest BCUT2D eigenvalue weighted by Gasteiger charge is -2.28. The second kappa shape index (κ2) is 20.7. The van der Waals surface area contributed by atoms with Crippen LogP contribution in [0.2, 0.25) is 0 Å². The fourth-order valence-corrected chi connectivity index (χ4v) is 10.9. The predicted octanol–water partition coefficient (Wildman–Crippen LogP) is 19.2. The summed E-state index contributed by atoms with van der Waals surface area (Å²) in [5.41, 5.74) is 18.2. The Hall–Kier alpha value is -9.19. The summed E-state index contributed by atoms with van der Waals surface area (Å²) < 4.78 is 7.20. The van der Waals surface area contributed by atoms with Gasteiger partial charge >= 0.3 is 0 Å². The van der Waals surface area contributed by atoms with Crippen LogP contribution in [0.5, 0.6) is 0 Å². The van der Waals surface area contributed by atoms with E-state index in [2.05, 4.69) is 257 Å². The zero-order chi connectivity index (χ0) is 51.5. The SMILES string of the molecule is C/C=C\C.C/C=C\C=C/C.CC1(C)c2cc(N(c3ccccc3)c3ccccc3)ccc2-c2ccc(-n3c4ccccc4c4c5c6c(nc(-c7ccccc7)n6-c6ccccc6)n(-c6ccccc6)c5ccc43)cc21. The predicted molar refractivity (Wildman–Crippen MR) is 320 cm³/mol. The Morgan fingerprint density at radius 1 is 0.400 bits per heavy atom. The van der Waals surface area contributed by atoms with Crippen LogP contribution in [-0.4, -0.2) is 18.7 Å². The molecule has 1 aliphatic rings. The molecule has 0 N–H and O–H groups in total. The van der Waals surface area contributed by atoms with Gasteiger partial charge < -0.3 is 9.47 Å². The van der Waals surface area contributed by atoms with E-state index in [9.17, 15) is 0 Å². The largest absolute Gasteiger partial charge is 0.310 e. The van der Waals surface area contributed by atoms with Gasteiger partial charge in [-0.15, -0.1) is 0 Å². The van der Waals surface area contributed by atoms with Crippen molar-refractivity contribution in [3.8, 4) is 39.6 Å². The maximum Gasteiger partial charge on any atom is 0.165 e. The molecule has 12 aromatic rings. The molecule has 0 unspecified atom stereocenters. The molecule has 75 heavy (non-hydrogen) atoms. The molecule has 0 spiro atoms. The Labute approximate surface area is 440 Å². The molecule has 366 valence electrons. The van der Waals surface area contributed by atoms with Gasteiger partial charge in [0.2, 0.25) is 0 Å². The Morgan fingerprint density at radius 2 is 0.893 bits per heavy atom. The van der Waals surface area contributed by atoms with Gasteiger partial charge in [-0.05, 0) is 141 Å². The number of nitrogens with zero attached hydrogens (tertiary/aromatic N) is 5. The molecule has 3 heterocycles. The van der Waals surface area contributed by atoms with Crippen molar-refractivity contribution in [2.75, 3.05) is 4.90 Å². The summed E-state index contributed by atoms with van der Waals surface area (Å²) in [6.07, 6.45) is 12.0. The number of aromatic nitrogens is 4. The van der Waals surface area contributed by atoms with Crippen LogP contribution in [0.3, 0.4) is 0 Å². The zero-order valence-electron chi connectivity index (χ0n) is 43.6. The second-order valence-electron chi connectivity index (χ2n) is 19.3. The lowest BCUT2D eigenvalue weighted by Crippen LogP contribution is -2.17. The zero-order valence-corrected chi connectivity index (χ0v) is 43.6. The summed E-state index contributed by atoms with van der Waals surface area (Å²) in [6, 6.07) is 81.0. The van der Waals surface area contributed by atoms with E-state index in [-0.39, 0.29) is 5.41 Å². The van der Waals surface area contributed by atoms with Crippen molar-refractivity contribution in [3.63, 3.8) is 0 Å². The first-order chi connectivity index (χ1) is 36.9. The lowest BCUT2D eigenvalue weighted by atomic mass is 9.82. The molecule has 0 saturated carbocycles. The summed E-state index contributed by atoms with van der Waals surface area (Å²) in [4.78, 5) is 7.93. The van der Waals surface area contributed by atoms with Gasteiger partial charge in [-0.1, -0.05) is 184 Å². The summed E-state index contributed by atoms with van der Waals surface area (Å²) in [6.45, 7) is 12.8. The van der Waals surface area contributed by atoms with E-state index in [1.54, 1.807) is 0 Å². The standard InChI is InChI=1S/C60H43N5.C6H10.C4H8/c1-60(2)50-38-45(62(41-22-10-4-11-23-41)42-24-12-5-13-25-42)32-34-47(50)48-35-33-46(39-51(48)60)63-52-31-19-18-30-49(52)55-53(63)36-37-54-56(55)57-59(64(54)43-26-14-6-15-27-43)61-58(40-20-8-3-9-21-40)65(57)44-28-16-7-17-29-44;1-3-5-6-4-2;1-3-4-2/h3-39H,1-2H3;3-6H,1-2H3;3-4H,1-2H3/b;5-3-,6-4-;4-3-. The van der Waals surface area contributed by atoms with Gasteiger partial charge in [0.25, 0.3) is 0 Å². The molecule has 3 aromatic heterocycles. The van der Waals surface area contributed by atoms with Gasteiger partial charge in [-0.3, -0.25) is 9.13 Å². The molecule has 0 fully saturated rings. The van der Waals surface area contributed by atoms with Crippen LogP contribution in [0.1, 0.15) is 52.7 Å². The van der Waals surface area contributed by atoms with Crippen molar-refractivity contribution in [3.05, 3.63) is 272 Å². The van der Waals surface area contributed by atoms with E-state index in [1.807, 2.05) is 64.2 Å². The minimum absolute atomic E-state index is 0.253. The van der Waals surface area contributed by atoms with E-state index in [1.165, 1.54) is 43.9 Å². The third-order valence-corrected chi connectivity index (χ3v) is 14.4. The second-order valence-corrected chi connectivity index (χ2v) is 19.3. The molecule has 5 nitrogen and oxygen atoms in total. The van der Waals surface area contributed by atoms with Crippen molar-refractivity contribution in [2.45, 2.75) is 47.0 Å². The first-order valence-electron chi connectivity index (χ1n) is 26.0. The highest BCUT2D eigenvalue weighted by atomic mass is 15.2. The molecule has 9 aromatic carbocycles. The highest BCUT2D eigenvalue weighted by molar-refractivity contribution is 6.28. The van der Waals surface area contributed by atoms with Crippen LogP contribution in [0.25, 0.3) is 83.4 Å². The number of para-hydroxylation sites is 5. The minimum atomic E-state index is -0.253. The van der Waals surface area contributed by atoms with E-state index in [4.69, 9.17) is 4.98 Å². The number of anilines is 3. The van der Waals surface area contributed by atoms with Crippen LogP contribution in [0.15, 0.2) is 261 Å². The molecule has 0 atom stereocenters. The number of hydrogen-bond acceptors (Lipinski definition) is 2. The average Bonchev–Trinajstić information content (AvgIpc) is 4.18. The Balaban J connectivity index is 0.000000554. The van der Waals surface area contributed by atoms with Crippen molar-refractivity contribution < 1.29 is 0 Å². The van der Waals surface area contributed by atoms with Crippen molar-refractivity contribution in [2.24, 2.45) is 0 Å². The van der Waals surface area contributed by atoms with Crippen LogP contribution in [-0.2, 0) is 5.41 Å². The van der Waals surface area contributed by atoms with Crippen molar-refractivity contribution >= 4 is 60.9 Å². The molecular weight excluding hydrogens is 911 g/mol. The Kier molecular flexibility index (Phi) is 13.3. The van der Waals surface area contributed by atoms with Crippen LogP contribution >= 0.6 is 0 Å². The highest BCUT2D eigenvalue weighted by Gasteiger charge is 2.37. The number of allylic oxidation sites excluding steroid dienone is 6. The number of imidazole rings is 1. The molecule has 0 saturated heterocycles. The molecular formula is C70H61N5. The molecule has 0 bridgehead atoms. The van der Waals surface area contributed by atoms with Gasteiger partial charge in [-0.25, -0.2) is 4.98 Å². The van der Waals surface area contributed by atoms with E-state index in [0.717, 1.165) is 67.7 Å². The quantitative estimate of drug-likeness (QED) is 0.112. The molecule has 1 aliphatic carbocycles. The molecule has 0 radical (unpaired) electrons. The van der Waals surface area contributed by atoms with Crippen LogP contribution in [0, 0.1) is 0 Å².